The topological polar surface area (TPSA) is 55.7 Å². The predicted molar refractivity (Wildman–Crippen MR) is 106 cm³/mol. The van der Waals surface area contributed by atoms with Crippen LogP contribution < -0.4 is 4.74 Å². The lowest BCUT2D eigenvalue weighted by Crippen LogP contribution is -2.05. The number of ketones is 1. The Morgan fingerprint density at radius 2 is 1.85 bits per heavy atom. The van der Waals surface area contributed by atoms with E-state index in [-0.39, 0.29) is 5.78 Å². The molecule has 0 aliphatic carbocycles. The fraction of sp³-hybridized carbons (Fsp3) is 0.217. The quantitative estimate of drug-likeness (QED) is 0.337. The van der Waals surface area contributed by atoms with Crippen LogP contribution in [0.2, 0.25) is 0 Å². The standard InChI is InChI=1S/C23H21NO3/c1-27-23-12-9-17(13-14-24-16-25)15-21(23)22(26)11-10-19-7-4-6-18-5-2-3-8-20(18)19/h2-9,12,15H,10-11,13-14H2,1H3. The van der Waals surface area contributed by atoms with Crippen LogP contribution >= 0.6 is 0 Å². The fourth-order valence-corrected chi connectivity index (χ4v) is 3.25. The van der Waals surface area contributed by atoms with Crippen LogP contribution in [0.15, 0.2) is 65.7 Å². The zero-order valence-corrected chi connectivity index (χ0v) is 15.3. The van der Waals surface area contributed by atoms with E-state index in [1.165, 1.54) is 16.9 Å². The number of carbonyl (C=O) groups is 1. The Morgan fingerprint density at radius 3 is 2.67 bits per heavy atom. The molecule has 0 fully saturated rings. The average Bonchev–Trinajstić information content (AvgIpc) is 2.72. The van der Waals surface area contributed by atoms with Crippen molar-refractivity contribution in [2.45, 2.75) is 19.3 Å². The van der Waals surface area contributed by atoms with E-state index >= 15 is 0 Å². The molecular weight excluding hydrogens is 338 g/mol. The van der Waals surface area contributed by atoms with Crippen molar-refractivity contribution in [1.29, 1.82) is 0 Å². The molecular formula is C23H21NO3. The van der Waals surface area contributed by atoms with Gasteiger partial charge in [0, 0.05) is 6.42 Å². The van der Waals surface area contributed by atoms with E-state index < -0.39 is 0 Å². The van der Waals surface area contributed by atoms with E-state index in [4.69, 9.17) is 4.74 Å². The van der Waals surface area contributed by atoms with Crippen molar-refractivity contribution in [3.8, 4) is 5.75 Å². The Balaban J connectivity index is 1.78. The van der Waals surface area contributed by atoms with Crippen LogP contribution in [0.1, 0.15) is 27.9 Å². The Kier molecular flexibility index (Phi) is 6.14. The average molecular weight is 359 g/mol. The molecule has 0 atom stereocenters. The summed E-state index contributed by atoms with van der Waals surface area (Å²) in [7, 11) is 1.56. The zero-order valence-electron chi connectivity index (χ0n) is 15.3. The number of ether oxygens (including phenoxy) is 1. The summed E-state index contributed by atoms with van der Waals surface area (Å²) in [5.41, 5.74) is 2.69. The minimum atomic E-state index is 0.0422. The summed E-state index contributed by atoms with van der Waals surface area (Å²) in [6, 6.07) is 19.9. The van der Waals surface area contributed by atoms with Crippen molar-refractivity contribution >= 4 is 22.6 Å². The summed E-state index contributed by atoms with van der Waals surface area (Å²) in [5.74, 6) is 0.612. The molecule has 0 aliphatic rings. The maximum absolute atomic E-state index is 12.9. The molecule has 0 aromatic heterocycles. The largest absolute Gasteiger partial charge is 0.496 e. The first-order valence-electron chi connectivity index (χ1n) is 8.93. The summed E-state index contributed by atoms with van der Waals surface area (Å²) in [4.78, 5) is 26.6. The number of fused-ring (bicyclic) bond motifs is 1. The van der Waals surface area contributed by atoms with Gasteiger partial charge in [-0.05, 0) is 46.9 Å². The number of rotatable bonds is 8. The van der Waals surface area contributed by atoms with Crippen LogP contribution in [0.3, 0.4) is 0 Å². The first-order chi connectivity index (χ1) is 13.2. The van der Waals surface area contributed by atoms with Gasteiger partial charge in [0.25, 0.3) is 0 Å². The van der Waals surface area contributed by atoms with Gasteiger partial charge >= 0.3 is 0 Å². The van der Waals surface area contributed by atoms with Gasteiger partial charge in [0.2, 0.25) is 6.08 Å². The molecule has 4 nitrogen and oxygen atoms in total. The normalized spacial score (nSPS) is 10.4. The minimum absolute atomic E-state index is 0.0422. The van der Waals surface area contributed by atoms with Crippen LogP contribution in [0, 0.1) is 0 Å². The number of aliphatic imine (C=N–C) groups is 1. The molecule has 3 aromatic carbocycles. The molecule has 0 unspecified atom stereocenters. The third-order valence-electron chi connectivity index (χ3n) is 4.64. The van der Waals surface area contributed by atoms with Crippen LogP contribution in [0.4, 0.5) is 0 Å². The van der Waals surface area contributed by atoms with Gasteiger partial charge in [0.1, 0.15) is 5.75 Å². The highest BCUT2D eigenvalue weighted by Gasteiger charge is 2.14. The molecule has 0 N–H and O–H groups in total. The molecule has 27 heavy (non-hydrogen) atoms. The second kappa shape index (κ2) is 8.93. The first-order valence-corrected chi connectivity index (χ1v) is 8.93. The summed E-state index contributed by atoms with van der Waals surface area (Å²) in [5, 5.41) is 2.36. The Labute approximate surface area is 158 Å². The second-order valence-electron chi connectivity index (χ2n) is 6.32. The Hall–Kier alpha value is -3.23. The van der Waals surface area contributed by atoms with E-state index in [1.807, 2.05) is 30.3 Å². The maximum Gasteiger partial charge on any atom is 0.234 e. The number of methoxy groups -OCH3 is 1. The van der Waals surface area contributed by atoms with Crippen molar-refractivity contribution in [2.24, 2.45) is 4.99 Å². The van der Waals surface area contributed by atoms with Crippen molar-refractivity contribution in [1.82, 2.24) is 0 Å². The van der Waals surface area contributed by atoms with Gasteiger partial charge < -0.3 is 4.74 Å². The number of carbonyl (C=O) groups excluding carboxylic acids is 2. The number of hydrogen-bond donors (Lipinski definition) is 0. The molecule has 0 amide bonds. The van der Waals surface area contributed by atoms with Crippen LogP contribution in [0.5, 0.6) is 5.75 Å². The summed E-state index contributed by atoms with van der Waals surface area (Å²) in [6.45, 7) is 0.361. The third-order valence-corrected chi connectivity index (χ3v) is 4.64. The van der Waals surface area contributed by atoms with E-state index in [0.29, 0.717) is 37.1 Å². The second-order valence-corrected chi connectivity index (χ2v) is 6.32. The Bertz CT molecular complexity index is 998. The maximum atomic E-state index is 12.9. The van der Waals surface area contributed by atoms with Crippen molar-refractivity contribution in [3.05, 3.63) is 77.4 Å². The van der Waals surface area contributed by atoms with Gasteiger partial charge in [-0.3, -0.25) is 4.79 Å². The monoisotopic (exact) mass is 359 g/mol. The molecule has 0 aliphatic heterocycles. The lowest BCUT2D eigenvalue weighted by Gasteiger charge is -2.11. The highest BCUT2D eigenvalue weighted by molar-refractivity contribution is 5.99. The van der Waals surface area contributed by atoms with Crippen molar-refractivity contribution in [2.75, 3.05) is 13.7 Å². The van der Waals surface area contributed by atoms with E-state index in [9.17, 15) is 9.59 Å². The molecule has 3 aromatic rings. The van der Waals surface area contributed by atoms with E-state index in [1.54, 1.807) is 13.2 Å². The number of Topliss-reactive ketones (excluding diaryl/α,β-unsaturated/α-hetero) is 1. The number of benzene rings is 3. The highest BCUT2D eigenvalue weighted by atomic mass is 16.5. The van der Waals surface area contributed by atoms with Gasteiger partial charge in [0.05, 0.1) is 19.2 Å². The molecule has 4 heteroatoms. The number of aryl methyl sites for hydroxylation is 1. The van der Waals surface area contributed by atoms with Gasteiger partial charge in [-0.15, -0.1) is 0 Å². The summed E-state index contributed by atoms with van der Waals surface area (Å²) in [6.07, 6.45) is 3.19. The fourth-order valence-electron chi connectivity index (χ4n) is 3.25. The zero-order chi connectivity index (χ0) is 19.1. The van der Waals surface area contributed by atoms with Gasteiger partial charge in [-0.1, -0.05) is 48.5 Å². The van der Waals surface area contributed by atoms with Gasteiger partial charge in [-0.2, -0.15) is 0 Å². The number of nitrogens with zero attached hydrogens (tertiary/aromatic N) is 1. The van der Waals surface area contributed by atoms with Crippen LogP contribution in [-0.2, 0) is 17.6 Å². The van der Waals surface area contributed by atoms with Crippen molar-refractivity contribution < 1.29 is 14.3 Å². The minimum Gasteiger partial charge on any atom is -0.496 e. The molecule has 0 heterocycles. The van der Waals surface area contributed by atoms with Crippen LogP contribution in [0.25, 0.3) is 10.8 Å². The Morgan fingerprint density at radius 1 is 1.04 bits per heavy atom. The van der Waals surface area contributed by atoms with E-state index in [0.717, 1.165) is 11.1 Å². The number of hydrogen-bond acceptors (Lipinski definition) is 4. The molecule has 0 radical (unpaired) electrons. The first kappa shape index (κ1) is 18.6. The molecule has 0 spiro atoms. The lowest BCUT2D eigenvalue weighted by molar-refractivity contribution is 0.0980. The molecule has 0 saturated carbocycles. The smallest absolute Gasteiger partial charge is 0.234 e. The predicted octanol–water partition coefficient (Wildman–Crippen LogP) is 4.54. The molecule has 136 valence electrons. The summed E-state index contributed by atoms with van der Waals surface area (Å²) < 4.78 is 5.36. The van der Waals surface area contributed by atoms with Crippen LogP contribution in [-0.4, -0.2) is 25.5 Å². The molecule has 3 rings (SSSR count). The third kappa shape index (κ3) is 4.49. The van der Waals surface area contributed by atoms with E-state index in [2.05, 4.69) is 29.3 Å². The lowest BCUT2D eigenvalue weighted by atomic mass is 9.96. The molecule has 0 saturated heterocycles. The highest BCUT2D eigenvalue weighted by Crippen LogP contribution is 2.24. The summed E-state index contributed by atoms with van der Waals surface area (Å²) >= 11 is 0. The molecule has 0 bridgehead atoms. The number of isocyanates is 1. The SMILES string of the molecule is COc1ccc(CCN=C=O)cc1C(=O)CCc1cccc2ccccc12. The van der Waals surface area contributed by atoms with Crippen molar-refractivity contribution in [3.63, 3.8) is 0 Å². The van der Waals surface area contributed by atoms with Gasteiger partial charge in [-0.25, -0.2) is 9.79 Å². The van der Waals surface area contributed by atoms with Gasteiger partial charge in [0.15, 0.2) is 5.78 Å².